The molecule has 0 spiro atoms. The van der Waals surface area contributed by atoms with Gasteiger partial charge in [0.1, 0.15) is 11.8 Å². The summed E-state index contributed by atoms with van der Waals surface area (Å²) in [7, 11) is 5.49. The standard InChI is InChI=1S/C28H27N3O9/c1-36-22-10-15(11-23(37-2)25(22)39-4)26(33)30-19-13-18-17(12-21(19)40-16-8-6-5-7-9-16)27(34)31-20(28(35)29-18)14-24(32)38-3/h5-13,20H,14H2,1-4H3,(H,29,35)(H,30,33)(H,31,34)/t20-/m0/s1. The highest BCUT2D eigenvalue weighted by molar-refractivity contribution is 6.13. The molecule has 12 nitrogen and oxygen atoms in total. The van der Waals surface area contributed by atoms with Gasteiger partial charge in [0.15, 0.2) is 17.2 Å². The number of nitrogens with one attached hydrogen (secondary N) is 3. The zero-order valence-electron chi connectivity index (χ0n) is 22.2. The van der Waals surface area contributed by atoms with Crippen LogP contribution in [-0.2, 0) is 14.3 Å². The SMILES string of the molecule is COC(=O)C[C@@H]1NC(=O)c2cc(Oc3ccccc3)c(NC(=O)c3cc(OC)c(OC)c(OC)c3)cc2NC1=O. The van der Waals surface area contributed by atoms with Crippen LogP contribution >= 0.6 is 0 Å². The maximum Gasteiger partial charge on any atom is 0.308 e. The van der Waals surface area contributed by atoms with E-state index in [0.717, 1.165) is 0 Å². The third-order valence-corrected chi connectivity index (χ3v) is 5.99. The molecule has 0 unspecified atom stereocenters. The van der Waals surface area contributed by atoms with Crippen LogP contribution in [0.25, 0.3) is 0 Å². The summed E-state index contributed by atoms with van der Waals surface area (Å²) in [5, 5.41) is 7.93. The smallest absolute Gasteiger partial charge is 0.308 e. The molecule has 1 atom stereocenters. The van der Waals surface area contributed by atoms with Crippen LogP contribution in [-0.4, -0.2) is 58.2 Å². The lowest BCUT2D eigenvalue weighted by Crippen LogP contribution is -2.42. The Hall–Kier alpha value is -5.26. The number of rotatable bonds is 9. The number of benzene rings is 3. The Bertz CT molecular complexity index is 1430. The molecule has 1 aliphatic heterocycles. The maximum atomic E-state index is 13.4. The molecule has 0 saturated heterocycles. The number of anilines is 2. The first kappa shape index (κ1) is 27.8. The van der Waals surface area contributed by atoms with Gasteiger partial charge in [-0.1, -0.05) is 18.2 Å². The molecule has 208 valence electrons. The molecule has 3 amide bonds. The van der Waals surface area contributed by atoms with Gasteiger partial charge in [0.25, 0.3) is 11.8 Å². The van der Waals surface area contributed by atoms with Crippen LogP contribution in [0.4, 0.5) is 11.4 Å². The largest absolute Gasteiger partial charge is 0.493 e. The molecule has 0 aromatic heterocycles. The first-order chi connectivity index (χ1) is 19.3. The molecule has 1 aliphatic rings. The highest BCUT2D eigenvalue weighted by atomic mass is 16.5. The van der Waals surface area contributed by atoms with E-state index in [2.05, 4.69) is 20.7 Å². The molecule has 1 heterocycles. The fourth-order valence-electron chi connectivity index (χ4n) is 3.99. The third-order valence-electron chi connectivity index (χ3n) is 5.99. The number of ether oxygens (including phenoxy) is 5. The zero-order valence-corrected chi connectivity index (χ0v) is 22.2. The molecule has 0 radical (unpaired) electrons. The second-order valence-corrected chi connectivity index (χ2v) is 8.47. The van der Waals surface area contributed by atoms with Crippen molar-refractivity contribution in [1.29, 1.82) is 0 Å². The van der Waals surface area contributed by atoms with Gasteiger partial charge in [0.2, 0.25) is 11.7 Å². The number of carbonyl (C=O) groups excluding carboxylic acids is 4. The minimum Gasteiger partial charge on any atom is -0.493 e. The van der Waals surface area contributed by atoms with Crippen molar-refractivity contribution in [2.75, 3.05) is 39.1 Å². The quantitative estimate of drug-likeness (QED) is 0.341. The van der Waals surface area contributed by atoms with E-state index in [1.165, 1.54) is 52.7 Å². The van der Waals surface area contributed by atoms with Crippen molar-refractivity contribution < 1.29 is 42.9 Å². The van der Waals surface area contributed by atoms with E-state index in [9.17, 15) is 19.2 Å². The average molecular weight is 550 g/mol. The van der Waals surface area contributed by atoms with Gasteiger partial charge in [-0.2, -0.15) is 0 Å². The topological polar surface area (TPSA) is 151 Å². The molecule has 0 bridgehead atoms. The highest BCUT2D eigenvalue weighted by Gasteiger charge is 2.31. The summed E-state index contributed by atoms with van der Waals surface area (Å²) >= 11 is 0. The van der Waals surface area contributed by atoms with E-state index in [1.807, 2.05) is 0 Å². The average Bonchev–Trinajstić information content (AvgIpc) is 3.07. The van der Waals surface area contributed by atoms with Crippen molar-refractivity contribution in [3.8, 4) is 28.7 Å². The second-order valence-electron chi connectivity index (χ2n) is 8.47. The summed E-state index contributed by atoms with van der Waals surface area (Å²) < 4.78 is 26.7. The predicted octanol–water partition coefficient (Wildman–Crippen LogP) is 3.37. The number of esters is 1. The van der Waals surface area contributed by atoms with Crippen LogP contribution in [0.15, 0.2) is 54.6 Å². The number of hydrogen-bond donors (Lipinski definition) is 3. The van der Waals surface area contributed by atoms with E-state index in [1.54, 1.807) is 30.3 Å². The van der Waals surface area contributed by atoms with Gasteiger partial charge in [-0.15, -0.1) is 0 Å². The summed E-state index contributed by atoms with van der Waals surface area (Å²) in [6.45, 7) is 0. The van der Waals surface area contributed by atoms with Crippen LogP contribution in [0.2, 0.25) is 0 Å². The molecule has 3 aromatic carbocycles. The van der Waals surface area contributed by atoms with E-state index >= 15 is 0 Å². The lowest BCUT2D eigenvalue weighted by atomic mass is 10.1. The van der Waals surface area contributed by atoms with Crippen LogP contribution in [0.3, 0.4) is 0 Å². The number of fused-ring (bicyclic) bond motifs is 1. The fourth-order valence-corrected chi connectivity index (χ4v) is 3.99. The first-order valence-corrected chi connectivity index (χ1v) is 12.0. The second kappa shape index (κ2) is 12.1. The van der Waals surface area contributed by atoms with Crippen LogP contribution in [0, 0.1) is 0 Å². The first-order valence-electron chi connectivity index (χ1n) is 12.0. The number of methoxy groups -OCH3 is 4. The summed E-state index contributed by atoms with van der Waals surface area (Å²) in [6, 6.07) is 13.3. The van der Waals surface area contributed by atoms with Crippen LogP contribution < -0.4 is 34.9 Å². The molecule has 40 heavy (non-hydrogen) atoms. The molecule has 0 aliphatic carbocycles. The van der Waals surface area contributed by atoms with Crippen molar-refractivity contribution in [1.82, 2.24) is 5.32 Å². The molecule has 3 aromatic rings. The van der Waals surface area contributed by atoms with Crippen LogP contribution in [0.1, 0.15) is 27.1 Å². The summed E-state index contributed by atoms with van der Waals surface area (Å²) in [5.74, 6) is -1.06. The third kappa shape index (κ3) is 5.90. The Kier molecular flexibility index (Phi) is 8.38. The number of para-hydroxylation sites is 1. The molecule has 3 N–H and O–H groups in total. The minimum absolute atomic E-state index is 0.0671. The highest BCUT2D eigenvalue weighted by Crippen LogP contribution is 2.40. The Balaban J connectivity index is 1.74. The molecule has 12 heteroatoms. The summed E-state index contributed by atoms with van der Waals surface area (Å²) in [4.78, 5) is 51.0. The number of hydrogen-bond acceptors (Lipinski definition) is 9. The van der Waals surface area contributed by atoms with Gasteiger partial charge in [-0.05, 0) is 36.4 Å². The summed E-state index contributed by atoms with van der Waals surface area (Å²) in [6.07, 6.45) is -0.361. The van der Waals surface area contributed by atoms with Crippen molar-refractivity contribution >= 4 is 35.1 Å². The molecular weight excluding hydrogens is 522 g/mol. The fraction of sp³-hybridized carbons (Fsp3) is 0.214. The van der Waals surface area contributed by atoms with E-state index < -0.39 is 29.7 Å². The van der Waals surface area contributed by atoms with Gasteiger partial charge in [-0.25, -0.2) is 0 Å². The van der Waals surface area contributed by atoms with Gasteiger partial charge >= 0.3 is 5.97 Å². The van der Waals surface area contributed by atoms with Gasteiger partial charge in [-0.3, -0.25) is 19.2 Å². The van der Waals surface area contributed by atoms with Gasteiger partial charge < -0.3 is 39.6 Å². The number of amides is 3. The Morgan fingerprint density at radius 3 is 2.15 bits per heavy atom. The van der Waals surface area contributed by atoms with Crippen molar-refractivity contribution in [2.24, 2.45) is 0 Å². The Morgan fingerprint density at radius 1 is 0.875 bits per heavy atom. The van der Waals surface area contributed by atoms with Crippen LogP contribution in [0.5, 0.6) is 28.7 Å². The van der Waals surface area contributed by atoms with E-state index in [0.29, 0.717) is 11.5 Å². The lowest BCUT2D eigenvalue weighted by Gasteiger charge is -2.17. The monoisotopic (exact) mass is 549 g/mol. The van der Waals surface area contributed by atoms with Crippen molar-refractivity contribution in [3.63, 3.8) is 0 Å². The maximum absolute atomic E-state index is 13.4. The minimum atomic E-state index is -1.16. The zero-order chi connectivity index (χ0) is 28.8. The Labute approximate surface area is 229 Å². The molecular formula is C28H27N3O9. The predicted molar refractivity (Wildman–Crippen MR) is 144 cm³/mol. The summed E-state index contributed by atoms with van der Waals surface area (Å²) in [5.41, 5.74) is 0.504. The molecule has 0 saturated carbocycles. The Morgan fingerprint density at radius 2 is 1.55 bits per heavy atom. The molecule has 0 fully saturated rings. The lowest BCUT2D eigenvalue weighted by molar-refractivity contribution is -0.142. The number of carbonyl (C=O) groups is 4. The van der Waals surface area contributed by atoms with E-state index in [-0.39, 0.29) is 46.2 Å². The normalized spacial score (nSPS) is 14.1. The molecule has 4 rings (SSSR count). The van der Waals surface area contributed by atoms with E-state index in [4.69, 9.17) is 18.9 Å². The van der Waals surface area contributed by atoms with Gasteiger partial charge in [0.05, 0.1) is 51.8 Å². The van der Waals surface area contributed by atoms with Crippen molar-refractivity contribution in [3.05, 3.63) is 65.7 Å². The van der Waals surface area contributed by atoms with Crippen molar-refractivity contribution in [2.45, 2.75) is 12.5 Å². The van der Waals surface area contributed by atoms with Gasteiger partial charge in [0, 0.05) is 5.56 Å².